The van der Waals surface area contributed by atoms with E-state index < -0.39 is 0 Å². The van der Waals surface area contributed by atoms with Crippen LogP contribution in [0.15, 0.2) is 35.7 Å². The highest BCUT2D eigenvalue weighted by Crippen LogP contribution is 2.13. The smallest absolute Gasteiger partial charge is 0.170 e. The summed E-state index contributed by atoms with van der Waals surface area (Å²) < 4.78 is 7.46. The van der Waals surface area contributed by atoms with Gasteiger partial charge in [0.2, 0.25) is 0 Å². The number of aryl methyl sites for hydroxylation is 1. The minimum Gasteiger partial charge on any atom is -0.486 e. The number of rotatable bonds is 6. The summed E-state index contributed by atoms with van der Waals surface area (Å²) in [5.74, 6) is 1.54. The zero-order chi connectivity index (χ0) is 14.4. The lowest BCUT2D eigenvalue weighted by atomic mass is 10.2. The third-order valence-corrected chi connectivity index (χ3v) is 2.76. The summed E-state index contributed by atoms with van der Waals surface area (Å²) in [5, 5.41) is 15.7. The van der Waals surface area contributed by atoms with E-state index in [0.29, 0.717) is 17.9 Å². The molecule has 0 atom stereocenters. The molecule has 0 amide bonds. The van der Waals surface area contributed by atoms with Crippen molar-refractivity contribution in [3.63, 3.8) is 0 Å². The van der Waals surface area contributed by atoms with Crippen LogP contribution < -0.4 is 10.5 Å². The molecule has 7 nitrogen and oxygen atoms in total. The second-order valence-corrected chi connectivity index (χ2v) is 4.20. The van der Waals surface area contributed by atoms with Gasteiger partial charge in [-0.1, -0.05) is 12.1 Å². The molecule has 0 aliphatic heterocycles. The SMILES string of the molecule is CCCn1ncnc1COc1ccc(C(N)=NO)cc1. The number of benzene rings is 1. The van der Waals surface area contributed by atoms with Crippen molar-refractivity contribution >= 4 is 5.84 Å². The highest BCUT2D eigenvalue weighted by Gasteiger charge is 2.05. The molecule has 0 fully saturated rings. The molecule has 0 unspecified atom stereocenters. The van der Waals surface area contributed by atoms with E-state index in [4.69, 9.17) is 15.7 Å². The fourth-order valence-electron chi connectivity index (χ4n) is 1.73. The van der Waals surface area contributed by atoms with Gasteiger partial charge in [-0.3, -0.25) is 0 Å². The molecule has 0 aliphatic rings. The number of hydrogen-bond acceptors (Lipinski definition) is 5. The highest BCUT2D eigenvalue weighted by atomic mass is 16.5. The maximum absolute atomic E-state index is 8.58. The molecule has 2 rings (SSSR count). The average Bonchev–Trinajstić information content (AvgIpc) is 2.92. The van der Waals surface area contributed by atoms with E-state index in [2.05, 4.69) is 22.2 Å². The van der Waals surface area contributed by atoms with Crippen LogP contribution in [0.2, 0.25) is 0 Å². The van der Waals surface area contributed by atoms with Gasteiger partial charge in [0, 0.05) is 12.1 Å². The van der Waals surface area contributed by atoms with E-state index in [1.54, 1.807) is 24.3 Å². The first-order chi connectivity index (χ1) is 9.74. The predicted octanol–water partition coefficient (Wildman–Crippen LogP) is 1.36. The van der Waals surface area contributed by atoms with E-state index in [0.717, 1.165) is 18.8 Å². The van der Waals surface area contributed by atoms with E-state index in [1.807, 2.05) is 4.68 Å². The Morgan fingerprint density at radius 3 is 2.80 bits per heavy atom. The Morgan fingerprint density at radius 1 is 1.40 bits per heavy atom. The Balaban J connectivity index is 1.98. The van der Waals surface area contributed by atoms with Crippen LogP contribution in [0.3, 0.4) is 0 Å². The fraction of sp³-hybridized carbons (Fsp3) is 0.308. The molecule has 20 heavy (non-hydrogen) atoms. The maximum atomic E-state index is 8.58. The Labute approximate surface area is 116 Å². The standard InChI is InChI=1S/C13H17N5O2/c1-2-7-18-12(15-9-16-18)8-20-11-5-3-10(4-6-11)13(14)17-19/h3-6,9,19H,2,7-8H2,1H3,(H2,14,17). The summed E-state index contributed by atoms with van der Waals surface area (Å²) in [7, 11) is 0. The number of hydrogen-bond donors (Lipinski definition) is 2. The van der Waals surface area contributed by atoms with Crippen LogP contribution >= 0.6 is 0 Å². The molecule has 0 spiro atoms. The number of nitrogens with two attached hydrogens (primary N) is 1. The number of amidine groups is 1. The van der Waals surface area contributed by atoms with Gasteiger partial charge in [-0.25, -0.2) is 9.67 Å². The minimum atomic E-state index is 0.0687. The van der Waals surface area contributed by atoms with Crippen molar-refractivity contribution in [2.24, 2.45) is 10.9 Å². The molecule has 106 valence electrons. The number of ether oxygens (including phenoxy) is 1. The molecule has 0 saturated heterocycles. The molecule has 0 aliphatic carbocycles. The lowest BCUT2D eigenvalue weighted by Crippen LogP contribution is -2.12. The van der Waals surface area contributed by atoms with Crippen molar-refractivity contribution in [1.29, 1.82) is 0 Å². The van der Waals surface area contributed by atoms with Crippen LogP contribution in [0.4, 0.5) is 0 Å². The zero-order valence-corrected chi connectivity index (χ0v) is 11.2. The lowest BCUT2D eigenvalue weighted by Gasteiger charge is -2.07. The molecule has 0 bridgehead atoms. The molecule has 1 heterocycles. The van der Waals surface area contributed by atoms with Crippen LogP contribution in [0.1, 0.15) is 24.7 Å². The Hall–Kier alpha value is -2.57. The van der Waals surface area contributed by atoms with Gasteiger partial charge >= 0.3 is 0 Å². The van der Waals surface area contributed by atoms with Crippen LogP contribution in [0, 0.1) is 0 Å². The lowest BCUT2D eigenvalue weighted by molar-refractivity contribution is 0.286. The van der Waals surface area contributed by atoms with Crippen molar-refractivity contribution in [2.45, 2.75) is 26.5 Å². The van der Waals surface area contributed by atoms with Crippen molar-refractivity contribution in [1.82, 2.24) is 14.8 Å². The van der Waals surface area contributed by atoms with Gasteiger partial charge in [0.1, 0.15) is 18.7 Å². The monoisotopic (exact) mass is 275 g/mol. The quantitative estimate of drug-likeness (QED) is 0.359. The van der Waals surface area contributed by atoms with E-state index in [1.165, 1.54) is 6.33 Å². The van der Waals surface area contributed by atoms with Gasteiger partial charge < -0.3 is 15.7 Å². The molecule has 0 saturated carbocycles. The molecule has 1 aromatic heterocycles. The maximum Gasteiger partial charge on any atom is 0.170 e. The second kappa shape index (κ2) is 6.55. The van der Waals surface area contributed by atoms with Gasteiger partial charge in [0.25, 0.3) is 0 Å². The van der Waals surface area contributed by atoms with Crippen LogP contribution in [-0.4, -0.2) is 25.8 Å². The van der Waals surface area contributed by atoms with Gasteiger partial charge in [0.05, 0.1) is 0 Å². The molecule has 7 heteroatoms. The third-order valence-electron chi connectivity index (χ3n) is 2.76. The molecular formula is C13H17N5O2. The molecule has 3 N–H and O–H groups in total. The Kier molecular flexibility index (Phi) is 4.54. The average molecular weight is 275 g/mol. The number of nitrogens with zero attached hydrogens (tertiary/aromatic N) is 4. The summed E-state index contributed by atoms with van der Waals surface area (Å²) in [6, 6.07) is 6.96. The Bertz CT molecular complexity index is 577. The first-order valence-corrected chi connectivity index (χ1v) is 6.32. The van der Waals surface area contributed by atoms with E-state index >= 15 is 0 Å². The minimum absolute atomic E-state index is 0.0687. The number of oxime groups is 1. The first-order valence-electron chi connectivity index (χ1n) is 6.32. The Morgan fingerprint density at radius 2 is 2.15 bits per heavy atom. The predicted molar refractivity (Wildman–Crippen MR) is 73.6 cm³/mol. The van der Waals surface area contributed by atoms with Crippen molar-refractivity contribution in [3.8, 4) is 5.75 Å². The molecular weight excluding hydrogens is 258 g/mol. The van der Waals surface area contributed by atoms with Crippen LogP contribution in [0.5, 0.6) is 5.75 Å². The van der Waals surface area contributed by atoms with Gasteiger partial charge in [0.15, 0.2) is 11.7 Å². The zero-order valence-electron chi connectivity index (χ0n) is 11.2. The highest BCUT2D eigenvalue weighted by molar-refractivity contribution is 5.97. The topological polar surface area (TPSA) is 98.5 Å². The van der Waals surface area contributed by atoms with Crippen molar-refractivity contribution < 1.29 is 9.94 Å². The first kappa shape index (κ1) is 13.9. The van der Waals surface area contributed by atoms with E-state index in [-0.39, 0.29) is 5.84 Å². The van der Waals surface area contributed by atoms with Crippen molar-refractivity contribution in [3.05, 3.63) is 42.0 Å². The van der Waals surface area contributed by atoms with Crippen molar-refractivity contribution in [2.75, 3.05) is 0 Å². The largest absolute Gasteiger partial charge is 0.486 e. The number of aromatic nitrogens is 3. The van der Waals surface area contributed by atoms with Crippen LogP contribution in [0.25, 0.3) is 0 Å². The summed E-state index contributed by atoms with van der Waals surface area (Å²) in [4.78, 5) is 4.16. The normalized spacial score (nSPS) is 11.6. The van der Waals surface area contributed by atoms with E-state index in [9.17, 15) is 0 Å². The summed E-state index contributed by atoms with van der Waals surface area (Å²) in [6.45, 7) is 3.25. The second-order valence-electron chi connectivity index (χ2n) is 4.20. The molecule has 0 radical (unpaired) electrons. The van der Waals surface area contributed by atoms with Gasteiger partial charge in [-0.05, 0) is 30.7 Å². The third kappa shape index (κ3) is 3.25. The van der Waals surface area contributed by atoms with Crippen LogP contribution in [-0.2, 0) is 13.2 Å². The summed E-state index contributed by atoms with van der Waals surface area (Å²) >= 11 is 0. The fourth-order valence-corrected chi connectivity index (χ4v) is 1.73. The van der Waals surface area contributed by atoms with Gasteiger partial charge in [-0.2, -0.15) is 5.10 Å². The summed E-state index contributed by atoms with van der Waals surface area (Å²) in [5.41, 5.74) is 6.12. The van der Waals surface area contributed by atoms with Gasteiger partial charge in [-0.15, -0.1) is 0 Å². The molecule has 2 aromatic rings. The summed E-state index contributed by atoms with van der Waals surface area (Å²) in [6.07, 6.45) is 2.51. The molecule has 1 aromatic carbocycles.